The van der Waals surface area contributed by atoms with E-state index in [2.05, 4.69) is 30.6 Å². The maximum Gasteiger partial charge on any atom is 0.472 e. The molecular formula is C48H52ClFN10O20P2. The molecule has 0 aliphatic carbocycles. The molecule has 6 aromatic rings. The second-order valence-electron chi connectivity index (χ2n) is 18.4. The minimum Gasteiger partial charge on any atom is -0.489 e. The Labute approximate surface area is 467 Å². The Morgan fingerprint density at radius 2 is 1.60 bits per heavy atom. The molecule has 3 aromatic carbocycles. The number of aromatic nitrogens is 6. The summed E-state index contributed by atoms with van der Waals surface area (Å²) in [4.78, 5) is 100. The van der Waals surface area contributed by atoms with Crippen molar-refractivity contribution < 1.29 is 94.4 Å². The fourth-order valence-corrected chi connectivity index (χ4v) is 10.2. The van der Waals surface area contributed by atoms with Crippen LogP contribution < -0.4 is 32.5 Å². The summed E-state index contributed by atoms with van der Waals surface area (Å²) in [6.07, 6.45) is -11.6. The number of esters is 1. The van der Waals surface area contributed by atoms with Crippen molar-refractivity contribution in [3.8, 4) is 5.75 Å². The Morgan fingerprint density at radius 3 is 2.32 bits per heavy atom. The van der Waals surface area contributed by atoms with E-state index in [1.807, 2.05) is 0 Å². The number of nitrogens with zero attached hydrogens (tertiary/aromatic N) is 6. The molecule has 9 rings (SSSR count). The number of aliphatic hydroxyl groups is 1. The minimum atomic E-state index is -5.53. The van der Waals surface area contributed by atoms with Crippen LogP contribution in [0.3, 0.4) is 0 Å². The first kappa shape index (κ1) is 59.6. The number of benzene rings is 3. The Balaban J connectivity index is 0.934. The summed E-state index contributed by atoms with van der Waals surface area (Å²) >= 11 is 6.33. The normalized spacial score (nSPS) is 23.7. The van der Waals surface area contributed by atoms with Crippen LogP contribution in [0.4, 0.5) is 26.5 Å². The predicted molar refractivity (Wildman–Crippen MR) is 278 cm³/mol. The minimum absolute atomic E-state index is 0.0183. The number of anilines is 3. The van der Waals surface area contributed by atoms with Gasteiger partial charge in [-0.2, -0.15) is 4.98 Å². The summed E-state index contributed by atoms with van der Waals surface area (Å²) in [6.45, 7) is -2.81. The third-order valence-corrected chi connectivity index (χ3v) is 14.4. The average molecular weight is 1210 g/mol. The lowest BCUT2D eigenvalue weighted by Crippen LogP contribution is -2.49. The number of nitrogens with one attached hydrogen (secondary N) is 2. The van der Waals surface area contributed by atoms with Crippen LogP contribution in [-0.4, -0.2) is 142 Å². The van der Waals surface area contributed by atoms with Crippen LogP contribution in [-0.2, 0) is 73.7 Å². The highest BCUT2D eigenvalue weighted by atomic mass is 35.5. The first-order valence-electron chi connectivity index (χ1n) is 24.7. The van der Waals surface area contributed by atoms with Crippen LogP contribution in [0, 0.1) is 5.82 Å². The zero-order chi connectivity index (χ0) is 58.3. The lowest BCUT2D eigenvalue weighted by molar-refractivity contribution is -0.181. The smallest absolute Gasteiger partial charge is 0.472 e. The molecule has 0 saturated carbocycles. The third-order valence-electron chi connectivity index (χ3n) is 12.6. The van der Waals surface area contributed by atoms with Crippen LogP contribution >= 0.6 is 27.2 Å². The number of hydrogen-bond acceptors (Lipinski definition) is 23. The van der Waals surface area contributed by atoms with Crippen molar-refractivity contribution >= 4 is 73.7 Å². The fourth-order valence-electron chi connectivity index (χ4n) is 8.73. The van der Waals surface area contributed by atoms with Gasteiger partial charge in [-0.05, 0) is 60.0 Å². The predicted octanol–water partition coefficient (Wildman–Crippen LogP) is 2.80. The lowest BCUT2D eigenvalue weighted by Gasteiger charge is -2.29. The SMILES string of the molecule is Nc1ccn([C@@H]2O[C@H](COP(=O)(O)O)[C@@H](OP(=O)(O)OC[C@H]3O[C@@H](n4cnc5c(N)ncnc54)C(O)C3OC(=O)[C@H](COc3ccccc3Cl)NC(=O)OCc3ccc(NC(=O)Cc4ccc(F)cc4)cc3)[C@H]2OC2CCCO2)c(=O)n1. The van der Waals surface area contributed by atoms with Gasteiger partial charge in [-0.3, -0.25) is 27.5 Å². The molecule has 30 nitrogen and oxygen atoms in total. The van der Waals surface area contributed by atoms with Crippen LogP contribution in [0.5, 0.6) is 5.75 Å². The number of phosphoric acid groups is 2. The van der Waals surface area contributed by atoms with Crippen LogP contribution in [0.1, 0.15) is 36.4 Å². The van der Waals surface area contributed by atoms with E-state index in [9.17, 15) is 52.5 Å². The zero-order valence-corrected chi connectivity index (χ0v) is 45.0. The molecule has 6 heterocycles. The number of amides is 2. The molecule has 11 atom stereocenters. The molecular weight excluding hydrogens is 1150 g/mol. The number of nitrogen functional groups attached to an aromatic ring is 2. The van der Waals surface area contributed by atoms with Crippen molar-refractivity contribution in [2.24, 2.45) is 0 Å². The number of fused-ring (bicyclic) bond motifs is 1. The van der Waals surface area contributed by atoms with Gasteiger partial charge in [0.05, 0.1) is 31.0 Å². The molecule has 10 N–H and O–H groups in total. The van der Waals surface area contributed by atoms with E-state index in [0.717, 1.165) is 10.9 Å². The lowest BCUT2D eigenvalue weighted by atomic mass is 10.1. The number of aliphatic hydroxyl groups excluding tert-OH is 1. The summed E-state index contributed by atoms with van der Waals surface area (Å²) in [6, 6.07) is 17.3. The van der Waals surface area contributed by atoms with Gasteiger partial charge < -0.3 is 75.0 Å². The molecule has 82 heavy (non-hydrogen) atoms. The maximum atomic E-state index is 14.4. The quantitative estimate of drug-likeness (QED) is 0.0338. The number of ether oxygens (including phenoxy) is 7. The summed E-state index contributed by atoms with van der Waals surface area (Å²) in [5, 5.41) is 17.2. The monoisotopic (exact) mass is 1200 g/mol. The standard InChI is InChI=1S/C48H52ClFN10O20P2/c49-29-4-1-2-5-31(29)72-20-30(57-48(65)73-19-26-9-13-28(14-10-26)56-35(61)18-25-7-11-27(50)12-8-25)46(63)79-39-32(76-44(38(39)62)60-24-55-37-42(52)53-23-54-43(37)60)22-75-82(69,70)80-40-33(21-74-81(66,67)68)77-45(41(40)78-36-6-3-17-71-36)59-16-15-34(51)58-47(59)64/h1-2,4-5,7-16,23-24,30,32-33,36,38-41,44-45,62H,3,6,17-22H2,(H,56,61)(H,57,65)(H,69,70)(H2,51,58,64)(H2,52,53,54)(H2,66,67,68)/t30-,32+,33+,36?,38?,39?,40+,41+,44+,45+/m0/s1. The van der Waals surface area contributed by atoms with E-state index in [1.165, 1.54) is 59.6 Å². The van der Waals surface area contributed by atoms with E-state index in [0.29, 0.717) is 29.7 Å². The number of imidazole rings is 1. The van der Waals surface area contributed by atoms with Gasteiger partial charge in [-0.15, -0.1) is 0 Å². The Bertz CT molecular complexity index is 3400. The molecule has 3 aliphatic heterocycles. The Hall–Kier alpha value is -7.06. The topological polar surface area (TPSA) is 413 Å². The number of carbonyl (C=O) groups is 3. The first-order valence-corrected chi connectivity index (χ1v) is 28.1. The van der Waals surface area contributed by atoms with E-state index in [1.54, 1.807) is 36.4 Å². The molecule has 4 unspecified atom stereocenters. The van der Waals surface area contributed by atoms with Gasteiger partial charge in [0.15, 0.2) is 42.4 Å². The molecule has 0 radical (unpaired) electrons. The number of nitrogens with two attached hydrogens (primary N) is 2. The van der Waals surface area contributed by atoms with E-state index in [-0.39, 0.29) is 59.1 Å². The number of carbonyl (C=O) groups excluding carboxylic acids is 3. The number of halogens is 2. The van der Waals surface area contributed by atoms with Gasteiger partial charge in [-0.1, -0.05) is 48.0 Å². The van der Waals surface area contributed by atoms with Crippen molar-refractivity contribution in [2.75, 3.05) is 43.2 Å². The number of para-hydroxylation sites is 1. The third kappa shape index (κ3) is 15.1. The summed E-state index contributed by atoms with van der Waals surface area (Å²) in [7, 11) is -10.8. The molecule has 2 amide bonds. The largest absolute Gasteiger partial charge is 0.489 e. The van der Waals surface area contributed by atoms with Gasteiger partial charge in [0.1, 0.15) is 73.0 Å². The summed E-state index contributed by atoms with van der Waals surface area (Å²) in [5.41, 5.74) is 12.3. The molecule has 3 aliphatic rings. The highest BCUT2D eigenvalue weighted by Crippen LogP contribution is 2.51. The Kier molecular flexibility index (Phi) is 18.9. The molecule has 438 valence electrons. The summed E-state index contributed by atoms with van der Waals surface area (Å²) in [5.74, 6) is -2.24. The van der Waals surface area contributed by atoms with Crippen molar-refractivity contribution in [1.29, 1.82) is 0 Å². The van der Waals surface area contributed by atoms with Gasteiger partial charge in [0.2, 0.25) is 5.91 Å². The average Bonchev–Trinajstić information content (AvgIpc) is 3.69. The molecule has 3 aromatic heterocycles. The van der Waals surface area contributed by atoms with E-state index < -0.39 is 120 Å². The fraction of sp³-hybridized carbons (Fsp3) is 0.375. The van der Waals surface area contributed by atoms with Crippen molar-refractivity contribution in [3.63, 3.8) is 0 Å². The van der Waals surface area contributed by atoms with Crippen LogP contribution in [0.2, 0.25) is 5.02 Å². The summed E-state index contributed by atoms with van der Waals surface area (Å²) < 4.78 is 98.4. The molecule has 3 fully saturated rings. The van der Waals surface area contributed by atoms with Crippen LogP contribution in [0.25, 0.3) is 11.2 Å². The highest BCUT2D eigenvalue weighted by molar-refractivity contribution is 7.47. The maximum absolute atomic E-state index is 14.4. The zero-order valence-electron chi connectivity index (χ0n) is 42.5. The van der Waals surface area contributed by atoms with Crippen molar-refractivity contribution in [1.82, 2.24) is 34.4 Å². The van der Waals surface area contributed by atoms with Crippen molar-refractivity contribution in [3.05, 3.63) is 130 Å². The number of phosphoric ester groups is 2. The Morgan fingerprint density at radius 1 is 0.878 bits per heavy atom. The second-order valence-corrected chi connectivity index (χ2v) is 21.4. The number of alkyl carbamates (subject to hydrolysis) is 1. The second kappa shape index (κ2) is 26.0. The van der Waals surface area contributed by atoms with Crippen molar-refractivity contribution in [2.45, 2.75) is 87.3 Å². The number of rotatable bonds is 23. The van der Waals surface area contributed by atoms with Gasteiger partial charge in [0.25, 0.3) is 0 Å². The van der Waals surface area contributed by atoms with Gasteiger partial charge in [-0.25, -0.2) is 42.9 Å². The molecule has 3 saturated heterocycles. The molecule has 0 spiro atoms. The van der Waals surface area contributed by atoms with Gasteiger partial charge >= 0.3 is 33.4 Å². The molecule has 34 heteroatoms. The highest BCUT2D eigenvalue weighted by Gasteiger charge is 2.54. The van der Waals surface area contributed by atoms with E-state index >= 15 is 0 Å². The number of hydrogen-bond donors (Lipinski definition) is 8. The molecule has 0 bridgehead atoms. The first-order chi connectivity index (χ1) is 39.2. The van der Waals surface area contributed by atoms with Gasteiger partial charge in [0, 0.05) is 24.9 Å². The van der Waals surface area contributed by atoms with E-state index in [4.69, 9.17) is 69.8 Å². The van der Waals surface area contributed by atoms with Crippen LogP contribution in [0.15, 0.2) is 103 Å².